The molecule has 0 aliphatic carbocycles. The second-order valence-corrected chi connectivity index (χ2v) is 5.03. The summed E-state index contributed by atoms with van der Waals surface area (Å²) >= 11 is 0. The van der Waals surface area contributed by atoms with E-state index in [-0.39, 0.29) is 17.8 Å². The molecule has 0 unspecified atom stereocenters. The standard InChI is InChI=1S/C15H18N2O4/c1-21-15(20)10-5-7-17(8-6-10)14(19)12-4-2-3-11(9-12)13(16)18/h2-4,9-10H,5-8H2,1H3,(H2,16,18). The maximum atomic E-state index is 12.4. The Labute approximate surface area is 122 Å². The van der Waals surface area contributed by atoms with Crippen LogP contribution in [0.5, 0.6) is 0 Å². The molecular formula is C15H18N2O4. The highest BCUT2D eigenvalue weighted by Gasteiger charge is 2.28. The van der Waals surface area contributed by atoms with Crippen molar-refractivity contribution in [1.29, 1.82) is 0 Å². The summed E-state index contributed by atoms with van der Waals surface area (Å²) in [6.45, 7) is 0.999. The van der Waals surface area contributed by atoms with Gasteiger partial charge in [0.15, 0.2) is 0 Å². The molecular weight excluding hydrogens is 272 g/mol. The number of rotatable bonds is 3. The molecule has 0 spiro atoms. The molecule has 1 heterocycles. The van der Waals surface area contributed by atoms with Crippen LogP contribution in [0.15, 0.2) is 24.3 Å². The van der Waals surface area contributed by atoms with Crippen LogP contribution in [0.1, 0.15) is 33.6 Å². The van der Waals surface area contributed by atoms with E-state index in [2.05, 4.69) is 0 Å². The van der Waals surface area contributed by atoms with E-state index in [9.17, 15) is 14.4 Å². The van der Waals surface area contributed by atoms with E-state index in [0.29, 0.717) is 37.1 Å². The molecule has 2 rings (SSSR count). The third-order valence-corrected chi connectivity index (χ3v) is 3.71. The van der Waals surface area contributed by atoms with Gasteiger partial charge in [0.25, 0.3) is 5.91 Å². The van der Waals surface area contributed by atoms with E-state index in [1.54, 1.807) is 23.1 Å². The molecule has 0 bridgehead atoms. The SMILES string of the molecule is COC(=O)C1CCN(C(=O)c2cccc(C(N)=O)c2)CC1. The van der Waals surface area contributed by atoms with Crippen LogP contribution in [0, 0.1) is 5.92 Å². The Morgan fingerprint density at radius 2 is 1.81 bits per heavy atom. The van der Waals surface area contributed by atoms with Gasteiger partial charge in [0.2, 0.25) is 5.91 Å². The van der Waals surface area contributed by atoms with Crippen molar-refractivity contribution in [1.82, 2.24) is 4.90 Å². The van der Waals surface area contributed by atoms with Crippen LogP contribution >= 0.6 is 0 Å². The molecule has 0 aromatic heterocycles. The lowest BCUT2D eigenvalue weighted by Gasteiger charge is -2.30. The van der Waals surface area contributed by atoms with Crippen molar-refractivity contribution in [3.63, 3.8) is 0 Å². The number of likely N-dealkylation sites (tertiary alicyclic amines) is 1. The lowest BCUT2D eigenvalue weighted by Crippen LogP contribution is -2.40. The summed E-state index contributed by atoms with van der Waals surface area (Å²) in [7, 11) is 1.37. The number of ether oxygens (including phenoxy) is 1. The summed E-state index contributed by atoms with van der Waals surface area (Å²) in [5.74, 6) is -1.08. The molecule has 6 heteroatoms. The first-order chi connectivity index (χ1) is 10.0. The summed E-state index contributed by atoms with van der Waals surface area (Å²) in [4.78, 5) is 36.7. The Morgan fingerprint density at radius 3 is 2.38 bits per heavy atom. The van der Waals surface area contributed by atoms with Crippen LogP contribution in [-0.4, -0.2) is 42.9 Å². The van der Waals surface area contributed by atoms with Crippen LogP contribution < -0.4 is 5.73 Å². The molecule has 1 fully saturated rings. The van der Waals surface area contributed by atoms with Crippen molar-refractivity contribution in [2.45, 2.75) is 12.8 Å². The average Bonchev–Trinajstić information content (AvgIpc) is 2.53. The van der Waals surface area contributed by atoms with Gasteiger partial charge < -0.3 is 15.4 Å². The predicted molar refractivity (Wildman–Crippen MR) is 75.6 cm³/mol. The van der Waals surface area contributed by atoms with Crippen molar-refractivity contribution in [3.05, 3.63) is 35.4 Å². The number of nitrogens with zero attached hydrogens (tertiary/aromatic N) is 1. The van der Waals surface area contributed by atoms with E-state index < -0.39 is 5.91 Å². The number of amides is 2. The molecule has 0 atom stereocenters. The first-order valence-electron chi connectivity index (χ1n) is 6.80. The number of carbonyl (C=O) groups is 3. The largest absolute Gasteiger partial charge is 0.469 e. The molecule has 1 aromatic carbocycles. The highest BCUT2D eigenvalue weighted by Crippen LogP contribution is 2.20. The summed E-state index contributed by atoms with van der Waals surface area (Å²) in [5, 5.41) is 0. The smallest absolute Gasteiger partial charge is 0.308 e. The summed E-state index contributed by atoms with van der Waals surface area (Å²) in [6, 6.07) is 6.36. The van der Waals surface area contributed by atoms with Crippen LogP contribution in [-0.2, 0) is 9.53 Å². The van der Waals surface area contributed by atoms with Crippen molar-refractivity contribution >= 4 is 17.8 Å². The fourth-order valence-electron chi connectivity index (χ4n) is 2.47. The Balaban J connectivity index is 2.03. The number of carbonyl (C=O) groups excluding carboxylic acids is 3. The summed E-state index contributed by atoms with van der Waals surface area (Å²) < 4.78 is 4.72. The van der Waals surface area contributed by atoms with Crippen LogP contribution in [0.2, 0.25) is 0 Å². The highest BCUT2D eigenvalue weighted by atomic mass is 16.5. The van der Waals surface area contributed by atoms with Gasteiger partial charge in [-0.05, 0) is 31.0 Å². The molecule has 1 aliphatic heterocycles. The fraction of sp³-hybridized carbons (Fsp3) is 0.400. The Morgan fingerprint density at radius 1 is 1.19 bits per heavy atom. The van der Waals surface area contributed by atoms with Crippen LogP contribution in [0.4, 0.5) is 0 Å². The van der Waals surface area contributed by atoms with Gasteiger partial charge in [0.1, 0.15) is 0 Å². The number of methoxy groups -OCH3 is 1. The first-order valence-corrected chi connectivity index (χ1v) is 6.80. The van der Waals surface area contributed by atoms with E-state index >= 15 is 0 Å². The fourth-order valence-corrected chi connectivity index (χ4v) is 2.47. The molecule has 21 heavy (non-hydrogen) atoms. The second kappa shape index (κ2) is 6.39. The van der Waals surface area contributed by atoms with Gasteiger partial charge in [-0.25, -0.2) is 0 Å². The zero-order valence-corrected chi connectivity index (χ0v) is 11.9. The predicted octanol–water partition coefficient (Wildman–Crippen LogP) is 0.811. The molecule has 2 N–H and O–H groups in total. The van der Waals surface area contributed by atoms with Gasteiger partial charge >= 0.3 is 5.97 Å². The van der Waals surface area contributed by atoms with Crippen LogP contribution in [0.3, 0.4) is 0 Å². The number of nitrogens with two attached hydrogens (primary N) is 1. The van der Waals surface area contributed by atoms with E-state index in [0.717, 1.165) is 0 Å². The monoisotopic (exact) mass is 290 g/mol. The summed E-state index contributed by atoms with van der Waals surface area (Å²) in [5.41, 5.74) is 5.96. The number of primary amides is 1. The summed E-state index contributed by atoms with van der Waals surface area (Å²) in [6.07, 6.45) is 1.18. The molecule has 1 aromatic rings. The van der Waals surface area contributed by atoms with Crippen molar-refractivity contribution in [2.75, 3.05) is 20.2 Å². The van der Waals surface area contributed by atoms with Crippen molar-refractivity contribution in [3.8, 4) is 0 Å². The number of hydrogen-bond acceptors (Lipinski definition) is 4. The molecule has 112 valence electrons. The molecule has 1 aliphatic rings. The minimum Gasteiger partial charge on any atom is -0.469 e. The molecule has 2 amide bonds. The van der Waals surface area contributed by atoms with Gasteiger partial charge in [-0.3, -0.25) is 14.4 Å². The van der Waals surface area contributed by atoms with Gasteiger partial charge in [-0.1, -0.05) is 6.07 Å². The number of piperidine rings is 1. The number of benzene rings is 1. The molecule has 1 saturated heterocycles. The third kappa shape index (κ3) is 3.39. The maximum Gasteiger partial charge on any atom is 0.308 e. The first kappa shape index (κ1) is 15.0. The Kier molecular flexibility index (Phi) is 4.57. The lowest BCUT2D eigenvalue weighted by molar-refractivity contribution is -0.146. The third-order valence-electron chi connectivity index (χ3n) is 3.71. The van der Waals surface area contributed by atoms with Crippen LogP contribution in [0.25, 0.3) is 0 Å². The zero-order valence-electron chi connectivity index (χ0n) is 11.9. The zero-order chi connectivity index (χ0) is 15.4. The van der Waals surface area contributed by atoms with Gasteiger partial charge in [-0.15, -0.1) is 0 Å². The minimum atomic E-state index is -0.561. The Bertz CT molecular complexity index is 563. The van der Waals surface area contributed by atoms with E-state index in [4.69, 9.17) is 10.5 Å². The quantitative estimate of drug-likeness (QED) is 0.834. The molecule has 0 radical (unpaired) electrons. The maximum absolute atomic E-state index is 12.4. The highest BCUT2D eigenvalue weighted by molar-refractivity contribution is 5.99. The molecule has 0 saturated carbocycles. The van der Waals surface area contributed by atoms with Crippen molar-refractivity contribution in [2.24, 2.45) is 11.7 Å². The van der Waals surface area contributed by atoms with Gasteiger partial charge in [-0.2, -0.15) is 0 Å². The number of esters is 1. The van der Waals surface area contributed by atoms with Crippen molar-refractivity contribution < 1.29 is 19.1 Å². The van der Waals surface area contributed by atoms with E-state index in [1.165, 1.54) is 13.2 Å². The van der Waals surface area contributed by atoms with Gasteiger partial charge in [0.05, 0.1) is 13.0 Å². The second-order valence-electron chi connectivity index (χ2n) is 5.03. The normalized spacial score (nSPS) is 15.6. The Hall–Kier alpha value is -2.37. The van der Waals surface area contributed by atoms with Gasteiger partial charge in [0, 0.05) is 24.2 Å². The average molecular weight is 290 g/mol. The topological polar surface area (TPSA) is 89.7 Å². The number of hydrogen-bond donors (Lipinski definition) is 1. The minimum absolute atomic E-state index is 0.143. The lowest BCUT2D eigenvalue weighted by atomic mass is 9.96. The van der Waals surface area contributed by atoms with E-state index in [1.807, 2.05) is 0 Å². The molecule has 6 nitrogen and oxygen atoms in total.